The summed E-state index contributed by atoms with van der Waals surface area (Å²) >= 11 is 0. The third-order valence-electron chi connectivity index (χ3n) is 4.36. The number of H-pyrrole nitrogens is 1. The molecule has 2 heterocycles. The van der Waals surface area contributed by atoms with Crippen molar-refractivity contribution in [1.29, 1.82) is 0 Å². The van der Waals surface area contributed by atoms with E-state index in [1.807, 2.05) is 37.3 Å². The van der Waals surface area contributed by atoms with Crippen molar-refractivity contribution in [2.75, 3.05) is 6.54 Å². The van der Waals surface area contributed by atoms with Crippen LogP contribution in [0.3, 0.4) is 0 Å². The molecule has 0 saturated heterocycles. The largest absolute Gasteiger partial charge is 0.476 e. The molecule has 0 aliphatic heterocycles. The molecule has 0 spiro atoms. The molecule has 2 aromatic heterocycles. The molecule has 3 aromatic rings. The maximum atomic E-state index is 12.4. The standard InChI is InChI=1S/C19H21N5O3/c1-11-15(13-7-5-4-6-8-13)23-14(21-11)9-10-20-18(25)17-16(19(26)27)22-12(2)24(17)3/h4-8H,9-10H2,1-3H3,(H,20,25)(H,21,23)(H,26,27). The highest BCUT2D eigenvalue weighted by Gasteiger charge is 2.24. The Balaban J connectivity index is 1.67. The monoisotopic (exact) mass is 367 g/mol. The number of benzene rings is 1. The van der Waals surface area contributed by atoms with E-state index < -0.39 is 11.9 Å². The molecule has 8 heteroatoms. The summed E-state index contributed by atoms with van der Waals surface area (Å²) in [7, 11) is 1.62. The average molecular weight is 367 g/mol. The minimum absolute atomic E-state index is 0.0422. The summed E-state index contributed by atoms with van der Waals surface area (Å²) in [6.07, 6.45) is 0.499. The van der Waals surface area contributed by atoms with E-state index in [9.17, 15) is 14.7 Å². The highest BCUT2D eigenvalue weighted by molar-refractivity contribution is 6.02. The fourth-order valence-corrected chi connectivity index (χ4v) is 2.92. The number of hydrogen-bond donors (Lipinski definition) is 3. The first-order chi connectivity index (χ1) is 12.9. The van der Waals surface area contributed by atoms with E-state index in [1.54, 1.807) is 14.0 Å². The molecule has 0 saturated carbocycles. The topological polar surface area (TPSA) is 113 Å². The number of nitrogens with zero attached hydrogens (tertiary/aromatic N) is 3. The van der Waals surface area contributed by atoms with E-state index in [1.165, 1.54) is 4.57 Å². The Bertz CT molecular complexity index is 988. The zero-order chi connectivity index (χ0) is 19.6. The number of rotatable bonds is 6. The number of imidazole rings is 2. The van der Waals surface area contributed by atoms with Gasteiger partial charge in [0.15, 0.2) is 5.69 Å². The Morgan fingerprint density at radius 3 is 2.56 bits per heavy atom. The Morgan fingerprint density at radius 1 is 1.19 bits per heavy atom. The molecule has 0 unspecified atom stereocenters. The van der Waals surface area contributed by atoms with E-state index in [4.69, 9.17) is 0 Å². The number of aryl methyl sites for hydroxylation is 2. The first kappa shape index (κ1) is 18.4. The number of carbonyl (C=O) groups is 2. The van der Waals surface area contributed by atoms with Crippen LogP contribution in [0.15, 0.2) is 30.3 Å². The second-order valence-corrected chi connectivity index (χ2v) is 6.25. The van der Waals surface area contributed by atoms with Gasteiger partial charge >= 0.3 is 5.97 Å². The molecule has 0 fully saturated rings. The van der Waals surface area contributed by atoms with Crippen molar-refractivity contribution in [1.82, 2.24) is 24.8 Å². The maximum Gasteiger partial charge on any atom is 0.356 e. The number of nitrogens with one attached hydrogen (secondary N) is 2. The number of aromatic amines is 1. The number of amides is 1. The van der Waals surface area contributed by atoms with Gasteiger partial charge in [-0.1, -0.05) is 30.3 Å². The van der Waals surface area contributed by atoms with Gasteiger partial charge in [-0.2, -0.15) is 0 Å². The van der Waals surface area contributed by atoms with Crippen LogP contribution < -0.4 is 5.32 Å². The summed E-state index contributed by atoms with van der Waals surface area (Å²) < 4.78 is 1.48. The highest BCUT2D eigenvalue weighted by Crippen LogP contribution is 2.20. The predicted octanol–water partition coefficient (Wildman–Crippen LogP) is 2.10. The Labute approximate surface area is 156 Å². The van der Waals surface area contributed by atoms with Gasteiger partial charge in [-0.05, 0) is 13.8 Å². The SMILES string of the molecule is Cc1[nH]c(CCNC(=O)c2c(C(=O)O)nc(C)n2C)nc1-c1ccccc1. The predicted molar refractivity (Wildman–Crippen MR) is 99.7 cm³/mol. The number of aromatic carboxylic acids is 1. The van der Waals surface area contributed by atoms with Crippen molar-refractivity contribution < 1.29 is 14.7 Å². The van der Waals surface area contributed by atoms with E-state index in [-0.39, 0.29) is 11.4 Å². The van der Waals surface area contributed by atoms with Crippen LogP contribution in [0.25, 0.3) is 11.3 Å². The van der Waals surface area contributed by atoms with Gasteiger partial charge in [-0.15, -0.1) is 0 Å². The number of carbonyl (C=O) groups excluding carboxylic acids is 1. The molecular formula is C19H21N5O3. The Hall–Kier alpha value is -3.42. The molecule has 0 aliphatic carbocycles. The van der Waals surface area contributed by atoms with Gasteiger partial charge in [-0.3, -0.25) is 4.79 Å². The molecule has 1 amide bonds. The number of carboxylic acid groups (broad SMARTS) is 1. The van der Waals surface area contributed by atoms with Gasteiger partial charge in [0.05, 0.1) is 5.69 Å². The fraction of sp³-hybridized carbons (Fsp3) is 0.263. The number of carboxylic acids is 1. The van der Waals surface area contributed by atoms with Crippen molar-refractivity contribution in [2.24, 2.45) is 7.05 Å². The Kier molecular flexibility index (Phi) is 5.07. The lowest BCUT2D eigenvalue weighted by Crippen LogP contribution is -2.29. The maximum absolute atomic E-state index is 12.4. The van der Waals surface area contributed by atoms with Gasteiger partial charge in [0.25, 0.3) is 5.91 Å². The average Bonchev–Trinajstić information content (AvgIpc) is 3.16. The lowest BCUT2D eigenvalue weighted by atomic mass is 10.1. The first-order valence-corrected chi connectivity index (χ1v) is 8.54. The van der Waals surface area contributed by atoms with Crippen LogP contribution in [0.4, 0.5) is 0 Å². The van der Waals surface area contributed by atoms with Crippen LogP contribution in [-0.2, 0) is 13.5 Å². The zero-order valence-electron chi connectivity index (χ0n) is 15.4. The summed E-state index contributed by atoms with van der Waals surface area (Å²) in [6, 6.07) is 9.85. The van der Waals surface area contributed by atoms with E-state index in [2.05, 4.69) is 20.3 Å². The quantitative estimate of drug-likeness (QED) is 0.617. The van der Waals surface area contributed by atoms with E-state index >= 15 is 0 Å². The summed E-state index contributed by atoms with van der Waals surface area (Å²) in [5.74, 6) is -0.474. The smallest absolute Gasteiger partial charge is 0.356 e. The van der Waals surface area contributed by atoms with Crippen LogP contribution in [0.5, 0.6) is 0 Å². The lowest BCUT2D eigenvalue weighted by molar-refractivity contribution is 0.0684. The highest BCUT2D eigenvalue weighted by atomic mass is 16.4. The second kappa shape index (κ2) is 7.45. The van der Waals surface area contributed by atoms with Crippen molar-refractivity contribution in [3.63, 3.8) is 0 Å². The van der Waals surface area contributed by atoms with Gasteiger partial charge in [0, 0.05) is 31.3 Å². The molecule has 0 atom stereocenters. The van der Waals surface area contributed by atoms with Crippen molar-refractivity contribution >= 4 is 11.9 Å². The molecule has 3 N–H and O–H groups in total. The molecule has 0 aliphatic rings. The molecule has 27 heavy (non-hydrogen) atoms. The van der Waals surface area contributed by atoms with E-state index in [0.717, 1.165) is 22.8 Å². The summed E-state index contributed by atoms with van der Waals surface area (Å²) in [4.78, 5) is 35.5. The van der Waals surface area contributed by atoms with Gasteiger partial charge < -0.3 is 20.0 Å². The van der Waals surface area contributed by atoms with Gasteiger partial charge in [0.2, 0.25) is 0 Å². The van der Waals surface area contributed by atoms with Crippen molar-refractivity contribution in [3.8, 4) is 11.3 Å². The first-order valence-electron chi connectivity index (χ1n) is 8.54. The molecular weight excluding hydrogens is 346 g/mol. The molecule has 0 radical (unpaired) electrons. The van der Waals surface area contributed by atoms with Crippen molar-refractivity contribution in [3.05, 3.63) is 59.1 Å². The minimum Gasteiger partial charge on any atom is -0.476 e. The van der Waals surface area contributed by atoms with E-state index in [0.29, 0.717) is 18.8 Å². The summed E-state index contributed by atoms with van der Waals surface area (Å²) in [5, 5.41) is 12.0. The zero-order valence-corrected chi connectivity index (χ0v) is 15.4. The lowest BCUT2D eigenvalue weighted by Gasteiger charge is -2.06. The van der Waals surface area contributed by atoms with Crippen LogP contribution in [0.2, 0.25) is 0 Å². The molecule has 8 nitrogen and oxygen atoms in total. The summed E-state index contributed by atoms with van der Waals surface area (Å²) in [5.41, 5.74) is 2.66. The van der Waals surface area contributed by atoms with Crippen LogP contribution in [0.1, 0.15) is 38.3 Å². The Morgan fingerprint density at radius 2 is 1.89 bits per heavy atom. The second-order valence-electron chi connectivity index (χ2n) is 6.25. The van der Waals surface area contributed by atoms with Crippen LogP contribution in [-0.4, -0.2) is 43.0 Å². The number of hydrogen-bond acceptors (Lipinski definition) is 4. The normalized spacial score (nSPS) is 10.8. The van der Waals surface area contributed by atoms with Crippen molar-refractivity contribution in [2.45, 2.75) is 20.3 Å². The van der Waals surface area contributed by atoms with Crippen LogP contribution in [0, 0.1) is 13.8 Å². The van der Waals surface area contributed by atoms with Crippen LogP contribution >= 0.6 is 0 Å². The summed E-state index contributed by atoms with van der Waals surface area (Å²) in [6.45, 7) is 3.93. The molecule has 140 valence electrons. The molecule has 0 bridgehead atoms. The third kappa shape index (κ3) is 3.74. The third-order valence-corrected chi connectivity index (χ3v) is 4.36. The minimum atomic E-state index is -1.22. The molecule has 1 aromatic carbocycles. The number of aromatic nitrogens is 4. The van der Waals surface area contributed by atoms with Gasteiger partial charge in [-0.25, -0.2) is 14.8 Å². The van der Waals surface area contributed by atoms with Gasteiger partial charge in [0.1, 0.15) is 17.3 Å². The fourth-order valence-electron chi connectivity index (χ4n) is 2.92. The molecule has 3 rings (SSSR count).